The summed E-state index contributed by atoms with van der Waals surface area (Å²) in [7, 11) is 1.71. The summed E-state index contributed by atoms with van der Waals surface area (Å²) in [6, 6.07) is 7.50. The van der Waals surface area contributed by atoms with Gasteiger partial charge in [0.2, 0.25) is 5.91 Å². The topological polar surface area (TPSA) is 80.6 Å². The highest BCUT2D eigenvalue weighted by molar-refractivity contribution is 5.78. The molecule has 2 fully saturated rings. The average molecular weight is 315 g/mol. The fourth-order valence-electron chi connectivity index (χ4n) is 3.26. The smallest absolute Gasteiger partial charge is 0.410 e. The molecule has 2 saturated heterocycles. The zero-order chi connectivity index (χ0) is 16.0. The molecule has 0 bridgehead atoms. The third-order valence-corrected chi connectivity index (χ3v) is 4.41. The maximum atomic E-state index is 12.5. The van der Waals surface area contributed by atoms with Crippen LogP contribution in [0, 0.1) is 0 Å². The zero-order valence-electron chi connectivity index (χ0n) is 12.8. The molecule has 0 aliphatic carbocycles. The summed E-state index contributed by atoms with van der Waals surface area (Å²) < 4.78 is 5.46. The number of carbonyl (C=O) groups is 2. The monoisotopic (exact) mass is 315 g/mol. The lowest BCUT2D eigenvalue weighted by Gasteiger charge is -2.21. The molecule has 0 unspecified atom stereocenters. The van der Waals surface area contributed by atoms with Crippen LogP contribution in [-0.4, -0.2) is 69.1 Å². The predicted octanol–water partition coefficient (Wildman–Crippen LogP) is 0.484. The van der Waals surface area contributed by atoms with Gasteiger partial charge in [-0.2, -0.15) is 15.0 Å². The van der Waals surface area contributed by atoms with Crippen LogP contribution < -0.4 is 0 Å². The molecule has 0 radical (unpaired) electrons. The number of carbonyl (C=O) groups excluding carboxylic acids is 2. The van der Waals surface area contributed by atoms with E-state index in [0.29, 0.717) is 26.1 Å². The normalized spacial score (nSPS) is 24.0. The Morgan fingerprint density at radius 2 is 1.96 bits per heavy atom. The molecule has 8 heteroatoms. The van der Waals surface area contributed by atoms with Crippen LogP contribution in [0.5, 0.6) is 0 Å². The number of likely N-dealkylation sites (tertiary alicyclic amines) is 1. The molecule has 23 heavy (non-hydrogen) atoms. The van der Waals surface area contributed by atoms with Gasteiger partial charge in [0.15, 0.2) is 5.60 Å². The number of likely N-dealkylation sites (N-methyl/N-ethyl adjacent to an activating group) is 1. The molecule has 2 aliphatic rings. The van der Waals surface area contributed by atoms with Crippen LogP contribution in [0.15, 0.2) is 24.3 Å². The van der Waals surface area contributed by atoms with Gasteiger partial charge in [-0.25, -0.2) is 4.79 Å². The van der Waals surface area contributed by atoms with Gasteiger partial charge in [-0.3, -0.25) is 4.79 Å². The Kier molecular flexibility index (Phi) is 3.00. The molecular weight excluding hydrogens is 298 g/mol. The first-order valence-corrected chi connectivity index (χ1v) is 7.56. The number of ether oxygens (including phenoxy) is 1. The second kappa shape index (κ2) is 4.94. The molecule has 4 rings (SSSR count). The van der Waals surface area contributed by atoms with Crippen molar-refractivity contribution >= 4 is 23.0 Å². The van der Waals surface area contributed by atoms with Gasteiger partial charge in [-0.05, 0) is 12.1 Å². The van der Waals surface area contributed by atoms with E-state index in [1.807, 2.05) is 24.3 Å². The molecule has 1 aromatic heterocycles. The first-order chi connectivity index (χ1) is 11.0. The molecule has 120 valence electrons. The van der Waals surface area contributed by atoms with Crippen molar-refractivity contribution in [3.8, 4) is 0 Å². The first-order valence-electron chi connectivity index (χ1n) is 7.56. The SMILES string of the molecule is CN1C[C@@]2(CCN(C(=O)Cn3nc4ccccc4n3)C2)OC1=O. The third-order valence-electron chi connectivity index (χ3n) is 4.41. The molecule has 3 heterocycles. The largest absolute Gasteiger partial charge is 0.439 e. The highest BCUT2D eigenvalue weighted by atomic mass is 16.6. The van der Waals surface area contributed by atoms with Crippen molar-refractivity contribution in [2.24, 2.45) is 0 Å². The van der Waals surface area contributed by atoms with Crippen LogP contribution >= 0.6 is 0 Å². The molecule has 1 spiro atoms. The van der Waals surface area contributed by atoms with Crippen LogP contribution in [0.1, 0.15) is 6.42 Å². The predicted molar refractivity (Wildman–Crippen MR) is 80.6 cm³/mol. The second-order valence-corrected chi connectivity index (χ2v) is 6.19. The van der Waals surface area contributed by atoms with Crippen molar-refractivity contribution in [1.82, 2.24) is 24.8 Å². The Morgan fingerprint density at radius 1 is 1.26 bits per heavy atom. The van der Waals surface area contributed by atoms with Gasteiger partial charge >= 0.3 is 6.09 Å². The quantitative estimate of drug-likeness (QED) is 0.805. The van der Waals surface area contributed by atoms with Gasteiger partial charge in [0, 0.05) is 20.0 Å². The number of aromatic nitrogens is 3. The minimum atomic E-state index is -0.552. The van der Waals surface area contributed by atoms with E-state index < -0.39 is 5.60 Å². The van der Waals surface area contributed by atoms with Crippen LogP contribution in [0.25, 0.3) is 11.0 Å². The minimum absolute atomic E-state index is 0.0622. The third kappa shape index (κ3) is 2.39. The van der Waals surface area contributed by atoms with E-state index in [-0.39, 0.29) is 18.5 Å². The van der Waals surface area contributed by atoms with Crippen LogP contribution in [0.2, 0.25) is 0 Å². The van der Waals surface area contributed by atoms with Crippen molar-refractivity contribution in [2.75, 3.05) is 26.7 Å². The van der Waals surface area contributed by atoms with E-state index >= 15 is 0 Å². The number of benzene rings is 1. The van der Waals surface area contributed by atoms with E-state index in [2.05, 4.69) is 10.2 Å². The number of rotatable bonds is 2. The van der Waals surface area contributed by atoms with Gasteiger partial charge in [0.05, 0.1) is 13.1 Å². The van der Waals surface area contributed by atoms with Crippen molar-refractivity contribution < 1.29 is 14.3 Å². The summed E-state index contributed by atoms with van der Waals surface area (Å²) in [6.07, 6.45) is 0.350. The van der Waals surface area contributed by atoms with Gasteiger partial charge < -0.3 is 14.5 Å². The van der Waals surface area contributed by atoms with Crippen molar-refractivity contribution in [1.29, 1.82) is 0 Å². The lowest BCUT2D eigenvalue weighted by Crippen LogP contribution is -2.40. The van der Waals surface area contributed by atoms with E-state index in [1.165, 1.54) is 4.80 Å². The Hall–Kier alpha value is -2.64. The fraction of sp³-hybridized carbons (Fsp3) is 0.467. The van der Waals surface area contributed by atoms with Gasteiger partial charge in [-0.15, -0.1) is 0 Å². The Labute approximate surface area is 132 Å². The van der Waals surface area contributed by atoms with E-state index in [1.54, 1.807) is 16.8 Å². The lowest BCUT2D eigenvalue weighted by molar-refractivity contribution is -0.132. The number of hydrogen-bond donors (Lipinski definition) is 0. The summed E-state index contributed by atoms with van der Waals surface area (Å²) in [5.74, 6) is -0.0622. The summed E-state index contributed by atoms with van der Waals surface area (Å²) in [5.41, 5.74) is 0.984. The lowest BCUT2D eigenvalue weighted by atomic mass is 10.0. The summed E-state index contributed by atoms with van der Waals surface area (Å²) in [5, 5.41) is 8.60. The minimum Gasteiger partial charge on any atom is -0.439 e. The summed E-state index contributed by atoms with van der Waals surface area (Å²) >= 11 is 0. The standard InChI is InChI=1S/C15H17N5O3/c1-18-9-15(23-14(18)22)6-7-19(10-15)13(21)8-20-16-11-4-2-3-5-12(11)17-20/h2-5H,6-10H2,1H3/t15-/m1/s1. The molecule has 0 N–H and O–H groups in total. The summed E-state index contributed by atoms with van der Waals surface area (Å²) in [4.78, 5) is 28.7. The van der Waals surface area contributed by atoms with E-state index in [0.717, 1.165) is 11.0 Å². The number of amides is 2. The first kappa shape index (κ1) is 14.0. The number of hydrogen-bond acceptors (Lipinski definition) is 5. The van der Waals surface area contributed by atoms with Crippen molar-refractivity contribution in [2.45, 2.75) is 18.6 Å². The van der Waals surface area contributed by atoms with Gasteiger partial charge in [-0.1, -0.05) is 12.1 Å². The Morgan fingerprint density at radius 3 is 2.57 bits per heavy atom. The average Bonchev–Trinajstić information content (AvgIpc) is 3.17. The van der Waals surface area contributed by atoms with Crippen molar-refractivity contribution in [3.05, 3.63) is 24.3 Å². The molecular formula is C15H17N5O3. The van der Waals surface area contributed by atoms with Gasteiger partial charge in [0.25, 0.3) is 0 Å². The second-order valence-electron chi connectivity index (χ2n) is 6.19. The molecule has 2 amide bonds. The highest BCUT2D eigenvalue weighted by Gasteiger charge is 2.49. The maximum absolute atomic E-state index is 12.5. The highest BCUT2D eigenvalue weighted by Crippen LogP contribution is 2.31. The fourth-order valence-corrected chi connectivity index (χ4v) is 3.26. The van der Waals surface area contributed by atoms with Gasteiger partial charge in [0.1, 0.15) is 17.6 Å². The van der Waals surface area contributed by atoms with Crippen LogP contribution in [0.4, 0.5) is 4.79 Å². The van der Waals surface area contributed by atoms with E-state index in [4.69, 9.17) is 4.74 Å². The number of nitrogens with zero attached hydrogens (tertiary/aromatic N) is 5. The molecule has 2 aromatic rings. The molecule has 8 nitrogen and oxygen atoms in total. The van der Waals surface area contributed by atoms with Crippen LogP contribution in [0.3, 0.4) is 0 Å². The molecule has 1 atom stereocenters. The summed E-state index contributed by atoms with van der Waals surface area (Å²) in [6.45, 7) is 1.64. The molecule has 1 aromatic carbocycles. The Bertz CT molecular complexity index is 755. The molecule has 0 saturated carbocycles. The maximum Gasteiger partial charge on any atom is 0.410 e. The van der Waals surface area contributed by atoms with Crippen LogP contribution in [-0.2, 0) is 16.1 Å². The molecule has 2 aliphatic heterocycles. The number of fused-ring (bicyclic) bond motifs is 1. The van der Waals surface area contributed by atoms with Crippen molar-refractivity contribution in [3.63, 3.8) is 0 Å². The van der Waals surface area contributed by atoms with E-state index in [9.17, 15) is 9.59 Å². The zero-order valence-corrected chi connectivity index (χ0v) is 12.8. The Balaban J connectivity index is 1.45.